The lowest BCUT2D eigenvalue weighted by atomic mass is 9.84. The van der Waals surface area contributed by atoms with E-state index in [1.807, 2.05) is 31.2 Å². The van der Waals surface area contributed by atoms with Gasteiger partial charge in [-0.15, -0.1) is 0 Å². The Morgan fingerprint density at radius 3 is 2.69 bits per heavy atom. The Bertz CT molecular complexity index is 1040. The fourth-order valence-corrected chi connectivity index (χ4v) is 4.13. The fourth-order valence-electron chi connectivity index (χ4n) is 4.13. The van der Waals surface area contributed by atoms with Crippen LogP contribution in [0.3, 0.4) is 0 Å². The number of hydrogen-bond acceptors (Lipinski definition) is 3. The SMILES string of the molecule is Cc1ccc(CNC(=O)CCC2(Cc3ccc4ccccc4c3)CCC(=O)N2)o1. The largest absolute Gasteiger partial charge is 0.465 e. The molecular formula is C24H26N2O3. The van der Waals surface area contributed by atoms with E-state index in [0.717, 1.165) is 24.4 Å². The van der Waals surface area contributed by atoms with Crippen molar-refractivity contribution in [1.82, 2.24) is 10.6 Å². The number of hydrogen-bond donors (Lipinski definition) is 2. The summed E-state index contributed by atoms with van der Waals surface area (Å²) in [5, 5.41) is 8.46. The highest BCUT2D eigenvalue weighted by molar-refractivity contribution is 5.83. The van der Waals surface area contributed by atoms with Crippen LogP contribution in [0.15, 0.2) is 59.0 Å². The zero-order valence-electron chi connectivity index (χ0n) is 16.7. The van der Waals surface area contributed by atoms with E-state index in [-0.39, 0.29) is 17.4 Å². The van der Waals surface area contributed by atoms with E-state index >= 15 is 0 Å². The second kappa shape index (κ2) is 8.11. The number of carbonyl (C=O) groups excluding carboxylic acids is 2. The van der Waals surface area contributed by atoms with Gasteiger partial charge in [0, 0.05) is 18.4 Å². The minimum absolute atomic E-state index is 0.0295. The third kappa shape index (κ3) is 4.67. The second-order valence-corrected chi connectivity index (χ2v) is 7.98. The van der Waals surface area contributed by atoms with Crippen LogP contribution in [0.2, 0.25) is 0 Å². The van der Waals surface area contributed by atoms with Crippen molar-refractivity contribution in [2.24, 2.45) is 0 Å². The van der Waals surface area contributed by atoms with E-state index in [0.29, 0.717) is 25.8 Å². The minimum Gasteiger partial charge on any atom is -0.465 e. The van der Waals surface area contributed by atoms with E-state index < -0.39 is 0 Å². The van der Waals surface area contributed by atoms with Crippen molar-refractivity contribution in [2.45, 2.75) is 51.1 Å². The predicted octanol–water partition coefficient (Wildman–Crippen LogP) is 4.03. The molecule has 0 spiro atoms. The van der Waals surface area contributed by atoms with Crippen LogP contribution in [0.1, 0.15) is 42.8 Å². The summed E-state index contributed by atoms with van der Waals surface area (Å²) in [6.45, 7) is 2.27. The molecule has 1 aliphatic heterocycles. The van der Waals surface area contributed by atoms with Gasteiger partial charge in [-0.1, -0.05) is 42.5 Å². The zero-order chi connectivity index (χ0) is 20.3. The molecule has 1 atom stereocenters. The van der Waals surface area contributed by atoms with Gasteiger partial charge >= 0.3 is 0 Å². The fraction of sp³-hybridized carbons (Fsp3) is 0.333. The molecule has 2 N–H and O–H groups in total. The number of rotatable bonds is 7. The topological polar surface area (TPSA) is 71.3 Å². The molecule has 3 aromatic rings. The molecule has 1 aliphatic rings. The lowest BCUT2D eigenvalue weighted by molar-refractivity contribution is -0.123. The van der Waals surface area contributed by atoms with Crippen LogP contribution in [-0.4, -0.2) is 17.4 Å². The number of aryl methyl sites for hydroxylation is 1. The molecule has 2 heterocycles. The van der Waals surface area contributed by atoms with Gasteiger partial charge in [-0.25, -0.2) is 0 Å². The van der Waals surface area contributed by atoms with Crippen molar-refractivity contribution >= 4 is 22.6 Å². The maximum Gasteiger partial charge on any atom is 0.220 e. The van der Waals surface area contributed by atoms with Crippen LogP contribution >= 0.6 is 0 Å². The zero-order valence-corrected chi connectivity index (χ0v) is 16.7. The Kier molecular flexibility index (Phi) is 5.38. The maximum absolute atomic E-state index is 12.4. The van der Waals surface area contributed by atoms with Gasteiger partial charge in [0.2, 0.25) is 11.8 Å². The number of carbonyl (C=O) groups is 2. The molecule has 2 aromatic carbocycles. The summed E-state index contributed by atoms with van der Waals surface area (Å²) in [5.41, 5.74) is 0.815. The first-order valence-electron chi connectivity index (χ1n) is 10.1. The molecule has 2 amide bonds. The number of amides is 2. The molecule has 4 rings (SSSR count). The van der Waals surface area contributed by atoms with Gasteiger partial charge in [-0.2, -0.15) is 0 Å². The smallest absolute Gasteiger partial charge is 0.220 e. The van der Waals surface area contributed by atoms with Crippen LogP contribution in [-0.2, 0) is 22.6 Å². The summed E-state index contributed by atoms with van der Waals surface area (Å²) in [7, 11) is 0. The number of nitrogens with one attached hydrogen (secondary N) is 2. The van der Waals surface area contributed by atoms with Gasteiger partial charge in [-0.05, 0) is 54.7 Å². The molecule has 0 saturated carbocycles. The van der Waals surface area contributed by atoms with E-state index in [1.165, 1.54) is 16.3 Å². The molecule has 0 bridgehead atoms. The van der Waals surface area contributed by atoms with Gasteiger partial charge in [0.25, 0.3) is 0 Å². The van der Waals surface area contributed by atoms with Gasteiger partial charge < -0.3 is 15.1 Å². The van der Waals surface area contributed by atoms with Crippen molar-refractivity contribution in [3.05, 3.63) is 71.7 Å². The summed E-state index contributed by atoms with van der Waals surface area (Å²) in [6, 6.07) is 18.4. The van der Waals surface area contributed by atoms with Crippen LogP contribution in [0, 0.1) is 6.92 Å². The highest BCUT2D eigenvalue weighted by atomic mass is 16.3. The monoisotopic (exact) mass is 390 g/mol. The first kappa shape index (κ1) is 19.2. The van der Waals surface area contributed by atoms with Crippen molar-refractivity contribution in [1.29, 1.82) is 0 Å². The van der Waals surface area contributed by atoms with Crippen molar-refractivity contribution < 1.29 is 14.0 Å². The average molecular weight is 390 g/mol. The first-order chi connectivity index (χ1) is 14.0. The molecule has 150 valence electrons. The summed E-state index contributed by atoms with van der Waals surface area (Å²) in [4.78, 5) is 24.4. The molecule has 1 unspecified atom stereocenters. The van der Waals surface area contributed by atoms with E-state index in [2.05, 4.69) is 41.0 Å². The maximum atomic E-state index is 12.4. The van der Waals surface area contributed by atoms with Gasteiger partial charge in [-0.3, -0.25) is 9.59 Å². The number of benzene rings is 2. The predicted molar refractivity (Wildman–Crippen MR) is 112 cm³/mol. The quantitative estimate of drug-likeness (QED) is 0.640. The average Bonchev–Trinajstić information content (AvgIpc) is 3.30. The Hall–Kier alpha value is -3.08. The van der Waals surface area contributed by atoms with E-state index in [1.54, 1.807) is 0 Å². The molecule has 1 aromatic heterocycles. The number of furan rings is 1. The standard InChI is InChI=1S/C24H26N2O3/c1-17-6-9-21(29-17)16-25-22(27)10-12-24(13-11-23(28)26-24)15-18-7-8-19-4-2-3-5-20(19)14-18/h2-9,14H,10-13,15-16H2,1H3,(H,25,27)(H,26,28). The summed E-state index contributed by atoms with van der Waals surface area (Å²) < 4.78 is 5.49. The van der Waals surface area contributed by atoms with Crippen molar-refractivity contribution in [2.75, 3.05) is 0 Å². The minimum atomic E-state index is -0.363. The van der Waals surface area contributed by atoms with E-state index in [4.69, 9.17) is 4.42 Å². The molecule has 5 heteroatoms. The Morgan fingerprint density at radius 2 is 1.97 bits per heavy atom. The van der Waals surface area contributed by atoms with E-state index in [9.17, 15) is 9.59 Å². The van der Waals surface area contributed by atoms with Gasteiger partial charge in [0.05, 0.1) is 6.54 Å². The highest BCUT2D eigenvalue weighted by Crippen LogP contribution is 2.30. The summed E-state index contributed by atoms with van der Waals surface area (Å²) >= 11 is 0. The molecule has 1 saturated heterocycles. The summed E-state index contributed by atoms with van der Waals surface area (Å²) in [5.74, 6) is 1.61. The van der Waals surface area contributed by atoms with Crippen molar-refractivity contribution in [3.8, 4) is 0 Å². The van der Waals surface area contributed by atoms with Gasteiger partial charge in [0.15, 0.2) is 0 Å². The highest BCUT2D eigenvalue weighted by Gasteiger charge is 2.37. The third-order valence-electron chi connectivity index (χ3n) is 5.68. The van der Waals surface area contributed by atoms with Crippen LogP contribution in [0.5, 0.6) is 0 Å². The lowest BCUT2D eigenvalue weighted by Crippen LogP contribution is -2.44. The third-order valence-corrected chi connectivity index (χ3v) is 5.68. The second-order valence-electron chi connectivity index (χ2n) is 7.98. The summed E-state index contributed by atoms with van der Waals surface area (Å²) in [6.07, 6.45) is 2.99. The molecule has 1 fully saturated rings. The van der Waals surface area contributed by atoms with Crippen molar-refractivity contribution in [3.63, 3.8) is 0 Å². The molecule has 5 nitrogen and oxygen atoms in total. The van der Waals surface area contributed by atoms with Crippen LogP contribution < -0.4 is 10.6 Å². The molecule has 0 radical (unpaired) electrons. The number of fused-ring (bicyclic) bond motifs is 1. The first-order valence-corrected chi connectivity index (χ1v) is 10.1. The normalized spacial score (nSPS) is 18.7. The Labute approximate surface area is 170 Å². The van der Waals surface area contributed by atoms with Crippen LogP contribution in [0.25, 0.3) is 10.8 Å². The molecule has 29 heavy (non-hydrogen) atoms. The van der Waals surface area contributed by atoms with Gasteiger partial charge in [0.1, 0.15) is 11.5 Å². The Balaban J connectivity index is 1.40. The molecule has 0 aliphatic carbocycles. The van der Waals surface area contributed by atoms with Crippen LogP contribution in [0.4, 0.5) is 0 Å². The molecular weight excluding hydrogens is 364 g/mol. The Morgan fingerprint density at radius 1 is 1.14 bits per heavy atom. The lowest BCUT2D eigenvalue weighted by Gasteiger charge is -2.29.